The molecule has 15 heteroatoms. The summed E-state index contributed by atoms with van der Waals surface area (Å²) in [5.74, 6) is -5.21. The van der Waals surface area contributed by atoms with E-state index in [1.165, 1.54) is 12.1 Å². The lowest BCUT2D eigenvalue weighted by atomic mass is 9.77. The van der Waals surface area contributed by atoms with Crippen LogP contribution in [-0.4, -0.2) is 53.6 Å². The maximum Gasteiger partial charge on any atom is 0.319 e. The number of ether oxygens (including phenoxy) is 2. The van der Waals surface area contributed by atoms with Crippen LogP contribution in [0.2, 0.25) is 0 Å². The minimum Gasteiger partial charge on any atom is -0.463 e. The van der Waals surface area contributed by atoms with Gasteiger partial charge in [-0.25, -0.2) is 22.0 Å². The van der Waals surface area contributed by atoms with Gasteiger partial charge in [0.15, 0.2) is 23.3 Å². The highest BCUT2D eigenvalue weighted by Gasteiger charge is 2.52. The summed E-state index contributed by atoms with van der Waals surface area (Å²) < 4.78 is 86.9. The molecule has 3 N–H and O–H groups in total. The summed E-state index contributed by atoms with van der Waals surface area (Å²) in [5.41, 5.74) is 5.06. The van der Waals surface area contributed by atoms with E-state index in [0.29, 0.717) is 40.6 Å². The van der Waals surface area contributed by atoms with E-state index < -0.39 is 34.7 Å². The standard InChI is InChI=1S/C38H33BrF5N5O3S/c1-37(50)15-49(9-10-51-16-37)35-21-13-24(39)29(20-4-5-25(40)33-28(20)22(14-45)34(46)53-33)31(44)32(21)47-36(48-35)52-17-38-7-2-3-23(38)19(6-8-38)18-11-26(41)30(43)27(42)12-18/h4-5,11-13,19,23,50H,2-3,6-10,15-17,46H2,1H3. The number of hydrogen-bond acceptors (Lipinski definition) is 9. The number of anilines is 2. The number of nitrogen functional groups attached to an aromatic ring is 1. The van der Waals surface area contributed by atoms with E-state index in [-0.39, 0.29) is 86.9 Å². The third-order valence-corrected chi connectivity index (χ3v) is 12.8. The Morgan fingerprint density at radius 1 is 1.09 bits per heavy atom. The number of rotatable bonds is 6. The molecule has 1 aliphatic heterocycles. The Bertz CT molecular complexity index is 2330. The van der Waals surface area contributed by atoms with E-state index in [0.717, 1.165) is 42.7 Å². The topological polar surface area (TPSA) is 118 Å². The van der Waals surface area contributed by atoms with Crippen LogP contribution >= 0.6 is 27.3 Å². The monoisotopic (exact) mass is 813 g/mol. The van der Waals surface area contributed by atoms with Crippen LogP contribution < -0.4 is 15.4 Å². The minimum absolute atomic E-state index is 0.00269. The molecule has 0 amide bonds. The molecule has 3 aromatic carbocycles. The molecule has 8 nitrogen and oxygen atoms in total. The van der Waals surface area contributed by atoms with Crippen molar-refractivity contribution in [3.63, 3.8) is 0 Å². The van der Waals surface area contributed by atoms with Crippen LogP contribution in [0.3, 0.4) is 0 Å². The molecular weight excluding hydrogens is 781 g/mol. The molecule has 0 bridgehead atoms. The van der Waals surface area contributed by atoms with Gasteiger partial charge in [0.25, 0.3) is 0 Å². The molecule has 3 aliphatic rings. The Morgan fingerprint density at radius 2 is 1.87 bits per heavy atom. The molecule has 3 fully saturated rings. The highest BCUT2D eigenvalue weighted by Crippen LogP contribution is 2.60. The first-order valence-corrected chi connectivity index (χ1v) is 18.8. The number of aliphatic hydroxyl groups is 1. The van der Waals surface area contributed by atoms with Crippen molar-refractivity contribution in [2.75, 3.05) is 43.5 Å². The van der Waals surface area contributed by atoms with Crippen molar-refractivity contribution in [2.45, 2.75) is 50.5 Å². The van der Waals surface area contributed by atoms with Crippen LogP contribution in [0.4, 0.5) is 32.8 Å². The third-order valence-electron chi connectivity index (χ3n) is 11.1. The van der Waals surface area contributed by atoms with Crippen molar-refractivity contribution in [1.82, 2.24) is 9.97 Å². The van der Waals surface area contributed by atoms with Crippen LogP contribution in [-0.2, 0) is 4.74 Å². The first-order valence-electron chi connectivity index (χ1n) is 17.2. The summed E-state index contributed by atoms with van der Waals surface area (Å²) in [6.45, 7) is 2.55. The van der Waals surface area contributed by atoms with Crippen LogP contribution in [0.15, 0.2) is 34.8 Å². The lowest BCUT2D eigenvalue weighted by molar-refractivity contribution is -0.0123. The van der Waals surface area contributed by atoms with Crippen molar-refractivity contribution in [3.05, 3.63) is 75.0 Å². The molecule has 2 aromatic heterocycles. The number of nitrogens with zero attached hydrogens (tertiary/aromatic N) is 4. The van der Waals surface area contributed by atoms with Crippen LogP contribution in [0, 0.1) is 51.8 Å². The molecule has 53 heavy (non-hydrogen) atoms. The van der Waals surface area contributed by atoms with Gasteiger partial charge < -0.3 is 25.2 Å². The van der Waals surface area contributed by atoms with Crippen molar-refractivity contribution in [2.24, 2.45) is 11.3 Å². The summed E-state index contributed by atoms with van der Waals surface area (Å²) in [6.07, 6.45) is 3.74. The molecule has 2 aliphatic carbocycles. The summed E-state index contributed by atoms with van der Waals surface area (Å²) in [5, 5.41) is 21.6. The third kappa shape index (κ3) is 6.07. The predicted octanol–water partition coefficient (Wildman–Crippen LogP) is 8.75. The van der Waals surface area contributed by atoms with E-state index in [9.17, 15) is 27.9 Å². The Hall–Kier alpha value is -4.10. The number of nitrogens with two attached hydrogens (primary N) is 1. The zero-order valence-electron chi connectivity index (χ0n) is 28.4. The lowest BCUT2D eigenvalue weighted by Gasteiger charge is -2.32. The van der Waals surface area contributed by atoms with Gasteiger partial charge in [-0.1, -0.05) is 28.4 Å². The molecule has 4 unspecified atom stereocenters. The molecule has 3 heterocycles. The number of nitriles is 1. The molecule has 0 radical (unpaired) electrons. The molecule has 0 spiro atoms. The minimum atomic E-state index is -1.49. The lowest BCUT2D eigenvalue weighted by Crippen LogP contribution is -2.42. The summed E-state index contributed by atoms with van der Waals surface area (Å²) in [6, 6.07) is 8.32. The smallest absolute Gasteiger partial charge is 0.319 e. The Labute approximate surface area is 313 Å². The number of β-amino-alcohol motifs (C(OH)–C–C–N with tert-alkyl or cyclic N) is 1. The van der Waals surface area contributed by atoms with E-state index in [4.69, 9.17) is 20.2 Å². The second-order valence-corrected chi connectivity index (χ2v) is 16.5. The molecular formula is C38H33BrF5N5O3S. The fraction of sp³-hybridized carbons (Fsp3) is 0.395. The molecule has 1 saturated heterocycles. The number of thiophene rings is 1. The average molecular weight is 815 g/mol. The maximum absolute atomic E-state index is 17.2. The van der Waals surface area contributed by atoms with E-state index in [1.807, 2.05) is 6.07 Å². The first-order chi connectivity index (χ1) is 25.3. The van der Waals surface area contributed by atoms with Gasteiger partial charge in [-0.3, -0.25) is 0 Å². The zero-order chi connectivity index (χ0) is 37.4. The number of benzene rings is 3. The normalized spacial score (nSPS) is 24.5. The van der Waals surface area contributed by atoms with E-state index in [2.05, 4.69) is 20.9 Å². The van der Waals surface area contributed by atoms with E-state index in [1.54, 1.807) is 17.9 Å². The Balaban J connectivity index is 1.23. The number of fused-ring (bicyclic) bond motifs is 3. The van der Waals surface area contributed by atoms with E-state index >= 15 is 4.39 Å². The highest BCUT2D eigenvalue weighted by molar-refractivity contribution is 9.10. The SMILES string of the molecule is CC1(O)COCCN(c2nc(OCC34CCCC3C(c3cc(F)c(F)c(F)c3)CC4)nc3c(F)c(-c4ccc(F)c5sc(N)c(C#N)c45)c(Br)cc23)C1. The van der Waals surface area contributed by atoms with Gasteiger partial charge >= 0.3 is 6.01 Å². The van der Waals surface area contributed by atoms with Gasteiger partial charge in [0, 0.05) is 32.8 Å². The Morgan fingerprint density at radius 3 is 2.62 bits per heavy atom. The average Bonchev–Trinajstić information content (AvgIpc) is 3.75. The van der Waals surface area contributed by atoms with Crippen molar-refractivity contribution < 1.29 is 36.5 Å². The van der Waals surface area contributed by atoms with Gasteiger partial charge in [0.05, 0.1) is 36.6 Å². The summed E-state index contributed by atoms with van der Waals surface area (Å²) in [4.78, 5) is 11.2. The second-order valence-electron chi connectivity index (χ2n) is 14.6. The Kier molecular flexibility index (Phi) is 9.03. The molecule has 2 saturated carbocycles. The van der Waals surface area contributed by atoms with Gasteiger partial charge in [0.1, 0.15) is 33.8 Å². The second kappa shape index (κ2) is 13.3. The van der Waals surface area contributed by atoms with Gasteiger partial charge in [-0.15, -0.1) is 11.3 Å². The molecule has 5 aromatic rings. The van der Waals surface area contributed by atoms with Gasteiger partial charge in [-0.2, -0.15) is 15.2 Å². The van der Waals surface area contributed by atoms with Crippen molar-refractivity contribution in [3.8, 4) is 23.2 Å². The number of hydrogen-bond donors (Lipinski definition) is 2. The number of aromatic nitrogens is 2. The molecule has 276 valence electrons. The fourth-order valence-corrected chi connectivity index (χ4v) is 10.4. The molecule has 4 atom stereocenters. The van der Waals surface area contributed by atoms with Crippen LogP contribution in [0.1, 0.15) is 56.1 Å². The van der Waals surface area contributed by atoms with Gasteiger partial charge in [-0.05, 0) is 79.8 Å². The maximum atomic E-state index is 17.2. The summed E-state index contributed by atoms with van der Waals surface area (Å²) in [7, 11) is 0. The van der Waals surface area contributed by atoms with Gasteiger partial charge in [0.2, 0.25) is 0 Å². The number of halogens is 6. The fourth-order valence-electron chi connectivity index (χ4n) is 8.80. The van der Waals surface area contributed by atoms with Crippen LogP contribution in [0.5, 0.6) is 6.01 Å². The predicted molar refractivity (Wildman–Crippen MR) is 194 cm³/mol. The summed E-state index contributed by atoms with van der Waals surface area (Å²) >= 11 is 4.44. The first kappa shape index (κ1) is 35.9. The molecule has 8 rings (SSSR count). The zero-order valence-corrected chi connectivity index (χ0v) is 30.8. The van der Waals surface area contributed by atoms with Crippen LogP contribution in [0.25, 0.3) is 32.1 Å². The van der Waals surface area contributed by atoms with Crippen molar-refractivity contribution >= 4 is 59.1 Å². The quantitative estimate of drug-likeness (QED) is 0.129. The highest BCUT2D eigenvalue weighted by atomic mass is 79.9. The largest absolute Gasteiger partial charge is 0.463 e. The van der Waals surface area contributed by atoms with Crippen molar-refractivity contribution in [1.29, 1.82) is 5.26 Å².